The van der Waals surface area contributed by atoms with Gasteiger partial charge in [0.15, 0.2) is 0 Å². The number of nitrogens with one attached hydrogen (secondary N) is 2. The zero-order chi connectivity index (χ0) is 23.4. The van der Waals surface area contributed by atoms with Gasteiger partial charge in [-0.15, -0.1) is 0 Å². The summed E-state index contributed by atoms with van der Waals surface area (Å²) in [7, 11) is 0. The number of halogens is 3. The number of pyridine rings is 1. The summed E-state index contributed by atoms with van der Waals surface area (Å²) in [6, 6.07) is 18.1. The molecule has 0 spiro atoms. The lowest BCUT2D eigenvalue weighted by molar-refractivity contribution is -0.141. The zero-order valence-corrected chi connectivity index (χ0v) is 17.8. The number of H-pyrrole nitrogens is 1. The van der Waals surface area contributed by atoms with Crippen molar-refractivity contribution < 1.29 is 18.0 Å². The number of benzene rings is 2. The molecule has 1 aliphatic carbocycles. The Labute approximate surface area is 189 Å². The van der Waals surface area contributed by atoms with Crippen molar-refractivity contribution in [1.82, 2.24) is 10.3 Å². The highest BCUT2D eigenvalue weighted by molar-refractivity contribution is 5.94. The Morgan fingerprint density at radius 3 is 2.21 bits per heavy atom. The van der Waals surface area contributed by atoms with E-state index in [4.69, 9.17) is 0 Å². The normalized spacial score (nSPS) is 14.9. The minimum atomic E-state index is -4.70. The highest BCUT2D eigenvalue weighted by Crippen LogP contribution is 2.29. The van der Waals surface area contributed by atoms with Gasteiger partial charge in [-0.05, 0) is 60.1 Å². The van der Waals surface area contributed by atoms with Crippen LogP contribution in [-0.2, 0) is 6.18 Å². The maximum absolute atomic E-state index is 12.9. The Morgan fingerprint density at radius 2 is 1.61 bits per heavy atom. The average Bonchev–Trinajstić information content (AvgIpc) is 2.83. The van der Waals surface area contributed by atoms with Crippen molar-refractivity contribution in [2.45, 2.75) is 37.9 Å². The van der Waals surface area contributed by atoms with E-state index in [1.807, 2.05) is 54.6 Å². The summed E-state index contributed by atoms with van der Waals surface area (Å²) in [6.45, 7) is 0. The van der Waals surface area contributed by atoms with Crippen LogP contribution in [0.15, 0.2) is 77.6 Å². The van der Waals surface area contributed by atoms with Gasteiger partial charge in [-0.3, -0.25) is 9.59 Å². The molecule has 0 fully saturated rings. The van der Waals surface area contributed by atoms with Gasteiger partial charge in [0.2, 0.25) is 0 Å². The second-order valence-corrected chi connectivity index (χ2v) is 8.03. The van der Waals surface area contributed by atoms with E-state index >= 15 is 0 Å². The fourth-order valence-corrected chi connectivity index (χ4v) is 4.02. The van der Waals surface area contributed by atoms with Gasteiger partial charge in [-0.25, -0.2) is 0 Å². The van der Waals surface area contributed by atoms with E-state index < -0.39 is 29.4 Å². The number of carbonyl (C=O) groups is 1. The molecule has 2 N–H and O–H groups in total. The van der Waals surface area contributed by atoms with E-state index in [0.29, 0.717) is 6.07 Å². The summed E-state index contributed by atoms with van der Waals surface area (Å²) >= 11 is 0. The van der Waals surface area contributed by atoms with Crippen LogP contribution in [0.5, 0.6) is 0 Å². The molecule has 0 radical (unpaired) electrons. The van der Waals surface area contributed by atoms with Crippen molar-refractivity contribution in [1.29, 1.82) is 0 Å². The van der Waals surface area contributed by atoms with E-state index in [2.05, 4.69) is 11.4 Å². The molecule has 0 saturated carbocycles. The fourth-order valence-electron chi connectivity index (χ4n) is 4.02. The second kappa shape index (κ2) is 9.48. The summed E-state index contributed by atoms with van der Waals surface area (Å²) in [4.78, 5) is 26.8. The maximum Gasteiger partial charge on any atom is 0.431 e. The number of rotatable bonds is 5. The first-order chi connectivity index (χ1) is 15.8. The summed E-state index contributed by atoms with van der Waals surface area (Å²) < 4.78 is 38.5. The molecule has 1 amide bonds. The molecule has 1 unspecified atom stereocenters. The molecule has 2 aromatic carbocycles. The lowest BCUT2D eigenvalue weighted by atomic mass is 9.91. The van der Waals surface area contributed by atoms with E-state index in [1.54, 1.807) is 4.98 Å². The summed E-state index contributed by atoms with van der Waals surface area (Å²) in [6.07, 6.45) is 2.03. The first kappa shape index (κ1) is 22.6. The van der Waals surface area contributed by atoms with Gasteiger partial charge in [0.25, 0.3) is 11.5 Å². The average molecular weight is 452 g/mol. The van der Waals surface area contributed by atoms with Crippen molar-refractivity contribution in [3.8, 4) is 0 Å². The van der Waals surface area contributed by atoms with E-state index in [1.165, 1.54) is 12.0 Å². The number of alkyl halides is 3. The second-order valence-electron chi connectivity index (χ2n) is 8.03. The molecular weight excluding hydrogens is 429 g/mol. The van der Waals surface area contributed by atoms with Crippen LogP contribution < -0.4 is 10.9 Å². The minimum Gasteiger partial charge on any atom is -0.341 e. The van der Waals surface area contributed by atoms with Gasteiger partial charge in [0.1, 0.15) is 11.3 Å². The third kappa shape index (κ3) is 5.25. The van der Waals surface area contributed by atoms with Crippen molar-refractivity contribution in [2.24, 2.45) is 0 Å². The molecular formula is C26H23F3N2O2. The van der Waals surface area contributed by atoms with E-state index in [-0.39, 0.29) is 5.56 Å². The molecule has 0 saturated heterocycles. The fraction of sp³-hybridized carbons (Fsp3) is 0.231. The third-order valence-corrected chi connectivity index (χ3v) is 5.77. The molecule has 4 rings (SSSR count). The van der Waals surface area contributed by atoms with Crippen molar-refractivity contribution in [3.63, 3.8) is 0 Å². The van der Waals surface area contributed by atoms with Crippen LogP contribution in [0.1, 0.15) is 64.5 Å². The molecule has 7 heteroatoms. The molecule has 0 aliphatic heterocycles. The van der Waals surface area contributed by atoms with Crippen molar-refractivity contribution >= 4 is 11.5 Å². The first-order valence-electron chi connectivity index (χ1n) is 10.8. The predicted octanol–water partition coefficient (Wildman–Crippen LogP) is 5.87. The Hall–Kier alpha value is -3.61. The lowest BCUT2D eigenvalue weighted by Crippen LogP contribution is -2.34. The zero-order valence-electron chi connectivity index (χ0n) is 17.8. The number of hydrogen-bond acceptors (Lipinski definition) is 2. The van der Waals surface area contributed by atoms with Gasteiger partial charge < -0.3 is 10.3 Å². The van der Waals surface area contributed by atoms with Crippen LogP contribution in [0, 0.1) is 0 Å². The Kier molecular flexibility index (Phi) is 6.49. The van der Waals surface area contributed by atoms with Crippen LogP contribution in [-0.4, -0.2) is 10.9 Å². The largest absolute Gasteiger partial charge is 0.431 e. The molecule has 0 bridgehead atoms. The van der Waals surface area contributed by atoms with Crippen LogP contribution in [0.4, 0.5) is 13.2 Å². The minimum absolute atomic E-state index is 0.382. The van der Waals surface area contributed by atoms with Gasteiger partial charge in [-0.1, -0.05) is 60.7 Å². The Morgan fingerprint density at radius 1 is 0.909 bits per heavy atom. The maximum atomic E-state index is 12.9. The van der Waals surface area contributed by atoms with Gasteiger partial charge in [0, 0.05) is 0 Å². The molecule has 33 heavy (non-hydrogen) atoms. The van der Waals surface area contributed by atoms with Crippen LogP contribution >= 0.6 is 0 Å². The predicted molar refractivity (Wildman–Crippen MR) is 121 cm³/mol. The monoisotopic (exact) mass is 452 g/mol. The van der Waals surface area contributed by atoms with Gasteiger partial charge in [0.05, 0.1) is 6.04 Å². The number of aromatic nitrogens is 1. The molecule has 1 heterocycles. The summed E-state index contributed by atoms with van der Waals surface area (Å²) in [5.74, 6) is -0.752. The van der Waals surface area contributed by atoms with Crippen LogP contribution in [0.2, 0.25) is 0 Å². The third-order valence-electron chi connectivity index (χ3n) is 5.77. The van der Waals surface area contributed by atoms with Crippen molar-refractivity contribution in [2.75, 3.05) is 0 Å². The number of carbonyl (C=O) groups excluding carboxylic acids is 1. The molecule has 1 atom stereocenters. The number of allylic oxidation sites excluding steroid dienone is 2. The van der Waals surface area contributed by atoms with E-state index in [9.17, 15) is 22.8 Å². The van der Waals surface area contributed by atoms with Gasteiger partial charge in [-0.2, -0.15) is 13.2 Å². The SMILES string of the molecule is O=C(NC(c1ccccc1)c1ccc(C2=CCCCC2)cc1)c1ccc(C(F)(F)F)[nH]c1=O. The van der Waals surface area contributed by atoms with Crippen LogP contribution in [0.3, 0.4) is 0 Å². The Bertz CT molecular complexity index is 1210. The van der Waals surface area contributed by atoms with E-state index in [0.717, 1.165) is 42.0 Å². The number of hydrogen-bond donors (Lipinski definition) is 2. The quantitative estimate of drug-likeness (QED) is 0.509. The molecule has 170 valence electrons. The molecule has 4 nitrogen and oxygen atoms in total. The standard InChI is InChI=1S/C26H23F3N2O2/c27-26(28,29)22-16-15-21(24(32)30-22)25(33)31-23(19-9-5-2-6-10-19)20-13-11-18(12-14-20)17-7-3-1-4-8-17/h2,5-7,9-16,23H,1,3-4,8H2,(H,30,32)(H,31,33). The molecule has 1 aliphatic rings. The Balaban J connectivity index is 1.63. The highest BCUT2D eigenvalue weighted by Gasteiger charge is 2.32. The van der Waals surface area contributed by atoms with Gasteiger partial charge >= 0.3 is 6.18 Å². The first-order valence-corrected chi connectivity index (χ1v) is 10.8. The highest BCUT2D eigenvalue weighted by atomic mass is 19.4. The lowest BCUT2D eigenvalue weighted by Gasteiger charge is -2.21. The van der Waals surface area contributed by atoms with Crippen molar-refractivity contribution in [3.05, 3.63) is 111 Å². The molecule has 1 aromatic heterocycles. The number of aromatic amines is 1. The number of amides is 1. The summed E-state index contributed by atoms with van der Waals surface area (Å²) in [5, 5.41) is 2.81. The smallest absolute Gasteiger partial charge is 0.341 e. The summed E-state index contributed by atoms with van der Waals surface area (Å²) in [5.41, 5.74) is 1.37. The van der Waals surface area contributed by atoms with Crippen LogP contribution in [0.25, 0.3) is 5.57 Å². The molecule has 3 aromatic rings. The topological polar surface area (TPSA) is 62.0 Å².